The summed E-state index contributed by atoms with van der Waals surface area (Å²) in [6, 6.07) is 14.7. The highest BCUT2D eigenvalue weighted by Crippen LogP contribution is 2.29. The number of anilines is 1. The molecular formula is C18H21Cl2N. The van der Waals surface area contributed by atoms with Crippen LogP contribution < -0.4 is 5.32 Å². The number of hydrogen-bond donors (Lipinski definition) is 1. The Morgan fingerprint density at radius 2 is 1.67 bits per heavy atom. The van der Waals surface area contributed by atoms with Crippen LogP contribution in [-0.4, -0.2) is 0 Å². The number of hydrogen-bond acceptors (Lipinski definition) is 1. The molecule has 0 saturated carbocycles. The Bertz CT molecular complexity index is 578. The van der Waals surface area contributed by atoms with Gasteiger partial charge in [0, 0.05) is 5.69 Å². The minimum atomic E-state index is 0.233. The van der Waals surface area contributed by atoms with Crippen LogP contribution in [0.1, 0.15) is 43.9 Å². The smallest absolute Gasteiger partial charge is 0.0595 e. The van der Waals surface area contributed by atoms with Gasteiger partial charge in [0.05, 0.1) is 16.1 Å². The van der Waals surface area contributed by atoms with Crippen molar-refractivity contribution in [3.05, 3.63) is 63.6 Å². The standard InChI is InChI=1S/C18H21Cl2N/c1-3-5-13-6-9-15(10-7-13)21-18(4-2)14-8-11-16(19)17(20)12-14/h6-12,18,21H,3-5H2,1-2H3. The van der Waals surface area contributed by atoms with E-state index in [-0.39, 0.29) is 6.04 Å². The summed E-state index contributed by atoms with van der Waals surface area (Å²) in [6.07, 6.45) is 3.28. The normalized spacial score (nSPS) is 12.2. The molecule has 1 nitrogen and oxygen atoms in total. The van der Waals surface area contributed by atoms with E-state index in [0.29, 0.717) is 10.0 Å². The van der Waals surface area contributed by atoms with Crippen LogP contribution in [0.4, 0.5) is 5.69 Å². The Hall–Kier alpha value is -1.18. The Balaban J connectivity index is 2.12. The fourth-order valence-electron chi connectivity index (χ4n) is 2.41. The van der Waals surface area contributed by atoms with E-state index in [0.717, 1.165) is 24.1 Å². The molecule has 0 heterocycles. The molecule has 0 spiro atoms. The first-order valence-electron chi connectivity index (χ1n) is 7.44. The summed E-state index contributed by atoms with van der Waals surface area (Å²) in [6.45, 7) is 4.36. The first kappa shape index (κ1) is 16.2. The summed E-state index contributed by atoms with van der Waals surface area (Å²) in [5.41, 5.74) is 3.67. The molecule has 0 fully saturated rings. The molecule has 0 radical (unpaired) electrons. The molecule has 0 bridgehead atoms. The van der Waals surface area contributed by atoms with Gasteiger partial charge < -0.3 is 5.32 Å². The van der Waals surface area contributed by atoms with Crippen LogP contribution in [0.5, 0.6) is 0 Å². The van der Waals surface area contributed by atoms with Crippen molar-refractivity contribution >= 4 is 28.9 Å². The molecule has 112 valence electrons. The zero-order valence-electron chi connectivity index (χ0n) is 12.5. The van der Waals surface area contributed by atoms with Crippen molar-refractivity contribution in [2.75, 3.05) is 5.32 Å². The van der Waals surface area contributed by atoms with Crippen molar-refractivity contribution in [2.24, 2.45) is 0 Å². The van der Waals surface area contributed by atoms with Gasteiger partial charge in [-0.25, -0.2) is 0 Å². The summed E-state index contributed by atoms with van der Waals surface area (Å²) < 4.78 is 0. The van der Waals surface area contributed by atoms with Gasteiger partial charge in [0.1, 0.15) is 0 Å². The maximum Gasteiger partial charge on any atom is 0.0595 e. The predicted octanol–water partition coefficient (Wildman–Crippen LogP) is 6.51. The van der Waals surface area contributed by atoms with Gasteiger partial charge in [-0.15, -0.1) is 0 Å². The van der Waals surface area contributed by atoms with Crippen LogP contribution in [0.15, 0.2) is 42.5 Å². The molecule has 2 rings (SSSR count). The number of rotatable bonds is 6. The molecule has 21 heavy (non-hydrogen) atoms. The first-order chi connectivity index (χ1) is 10.1. The fourth-order valence-corrected chi connectivity index (χ4v) is 2.71. The van der Waals surface area contributed by atoms with Crippen molar-refractivity contribution in [2.45, 2.75) is 39.2 Å². The topological polar surface area (TPSA) is 12.0 Å². The lowest BCUT2D eigenvalue weighted by atomic mass is 10.0. The highest BCUT2D eigenvalue weighted by atomic mass is 35.5. The Morgan fingerprint density at radius 1 is 0.952 bits per heavy atom. The van der Waals surface area contributed by atoms with Gasteiger partial charge >= 0.3 is 0 Å². The van der Waals surface area contributed by atoms with Gasteiger partial charge in [-0.3, -0.25) is 0 Å². The lowest BCUT2D eigenvalue weighted by molar-refractivity contribution is 0.749. The Labute approximate surface area is 137 Å². The van der Waals surface area contributed by atoms with E-state index in [1.807, 2.05) is 18.2 Å². The van der Waals surface area contributed by atoms with Crippen molar-refractivity contribution in [1.82, 2.24) is 0 Å². The quantitative estimate of drug-likeness (QED) is 0.639. The second-order valence-electron chi connectivity index (χ2n) is 5.23. The van der Waals surface area contributed by atoms with E-state index in [9.17, 15) is 0 Å². The fraction of sp³-hybridized carbons (Fsp3) is 0.333. The van der Waals surface area contributed by atoms with E-state index in [2.05, 4.69) is 43.4 Å². The number of aryl methyl sites for hydroxylation is 1. The molecular weight excluding hydrogens is 301 g/mol. The molecule has 0 aliphatic heterocycles. The number of nitrogens with one attached hydrogen (secondary N) is 1. The maximum absolute atomic E-state index is 6.11. The van der Waals surface area contributed by atoms with Gasteiger partial charge in [-0.1, -0.05) is 61.7 Å². The van der Waals surface area contributed by atoms with Crippen molar-refractivity contribution < 1.29 is 0 Å². The zero-order valence-corrected chi connectivity index (χ0v) is 14.0. The molecule has 2 aromatic rings. The highest BCUT2D eigenvalue weighted by Gasteiger charge is 2.11. The minimum Gasteiger partial charge on any atom is -0.378 e. The third-order valence-electron chi connectivity index (χ3n) is 3.59. The molecule has 2 aromatic carbocycles. The van der Waals surface area contributed by atoms with Crippen LogP contribution in [0.3, 0.4) is 0 Å². The summed E-state index contributed by atoms with van der Waals surface area (Å²) in [5.74, 6) is 0. The van der Waals surface area contributed by atoms with Crippen LogP contribution >= 0.6 is 23.2 Å². The van der Waals surface area contributed by atoms with E-state index in [1.165, 1.54) is 12.0 Å². The SMILES string of the molecule is CCCc1ccc(NC(CC)c2ccc(Cl)c(Cl)c2)cc1. The summed E-state index contributed by atoms with van der Waals surface area (Å²) in [5, 5.41) is 4.76. The van der Waals surface area contributed by atoms with Gasteiger partial charge in [0.2, 0.25) is 0 Å². The first-order valence-corrected chi connectivity index (χ1v) is 8.20. The minimum absolute atomic E-state index is 0.233. The second kappa shape index (κ2) is 7.72. The summed E-state index contributed by atoms with van der Waals surface area (Å²) >= 11 is 12.1. The van der Waals surface area contributed by atoms with Crippen LogP contribution in [0, 0.1) is 0 Å². The molecule has 0 aliphatic carbocycles. The molecule has 1 unspecified atom stereocenters. The van der Waals surface area contributed by atoms with Gasteiger partial charge in [0.15, 0.2) is 0 Å². The zero-order chi connectivity index (χ0) is 15.2. The molecule has 0 aliphatic rings. The second-order valence-corrected chi connectivity index (χ2v) is 6.04. The summed E-state index contributed by atoms with van der Waals surface area (Å²) in [7, 11) is 0. The summed E-state index contributed by atoms with van der Waals surface area (Å²) in [4.78, 5) is 0. The maximum atomic E-state index is 6.11. The van der Waals surface area contributed by atoms with E-state index >= 15 is 0 Å². The van der Waals surface area contributed by atoms with Gasteiger partial charge in [-0.2, -0.15) is 0 Å². The van der Waals surface area contributed by atoms with Crippen LogP contribution in [0.2, 0.25) is 10.0 Å². The van der Waals surface area contributed by atoms with Gasteiger partial charge in [0.25, 0.3) is 0 Å². The Kier molecular flexibility index (Phi) is 5.96. The van der Waals surface area contributed by atoms with Crippen LogP contribution in [0.25, 0.3) is 0 Å². The lowest BCUT2D eigenvalue weighted by Gasteiger charge is -2.19. The van der Waals surface area contributed by atoms with E-state index in [4.69, 9.17) is 23.2 Å². The number of benzene rings is 2. The molecule has 0 aromatic heterocycles. The van der Waals surface area contributed by atoms with Crippen molar-refractivity contribution in [3.8, 4) is 0 Å². The molecule has 3 heteroatoms. The third kappa shape index (κ3) is 4.39. The molecule has 0 saturated heterocycles. The van der Waals surface area contributed by atoms with Crippen molar-refractivity contribution in [3.63, 3.8) is 0 Å². The Morgan fingerprint density at radius 3 is 2.24 bits per heavy atom. The monoisotopic (exact) mass is 321 g/mol. The van der Waals surface area contributed by atoms with E-state index in [1.54, 1.807) is 0 Å². The number of halogens is 2. The molecule has 1 N–H and O–H groups in total. The lowest BCUT2D eigenvalue weighted by Crippen LogP contribution is -2.09. The predicted molar refractivity (Wildman–Crippen MR) is 93.6 cm³/mol. The molecule has 0 amide bonds. The van der Waals surface area contributed by atoms with Crippen LogP contribution in [-0.2, 0) is 6.42 Å². The third-order valence-corrected chi connectivity index (χ3v) is 4.33. The average molecular weight is 322 g/mol. The average Bonchev–Trinajstić information content (AvgIpc) is 2.50. The highest BCUT2D eigenvalue weighted by molar-refractivity contribution is 6.42. The largest absolute Gasteiger partial charge is 0.378 e. The van der Waals surface area contributed by atoms with Crippen molar-refractivity contribution in [1.29, 1.82) is 0 Å². The van der Waals surface area contributed by atoms with E-state index < -0.39 is 0 Å². The molecule has 1 atom stereocenters. The van der Waals surface area contributed by atoms with Gasteiger partial charge in [-0.05, 0) is 48.2 Å².